The van der Waals surface area contributed by atoms with Crippen molar-refractivity contribution < 1.29 is 0 Å². The second-order valence-electron chi connectivity index (χ2n) is 11.4. The van der Waals surface area contributed by atoms with Crippen LogP contribution in [0, 0.1) is 13.8 Å². The molecule has 5 aromatic carbocycles. The molecular formula is C40H29N5. The van der Waals surface area contributed by atoms with Crippen LogP contribution in [0.1, 0.15) is 11.1 Å². The molecule has 5 nitrogen and oxygen atoms in total. The lowest BCUT2D eigenvalue weighted by Gasteiger charge is -2.16. The van der Waals surface area contributed by atoms with Gasteiger partial charge in [-0.2, -0.15) is 0 Å². The molecule has 45 heavy (non-hydrogen) atoms. The molecule has 214 valence electrons. The van der Waals surface area contributed by atoms with Crippen molar-refractivity contribution in [3.05, 3.63) is 151 Å². The lowest BCUT2D eigenvalue weighted by molar-refractivity contribution is 1.06. The van der Waals surface area contributed by atoms with Crippen LogP contribution in [0.5, 0.6) is 0 Å². The zero-order valence-corrected chi connectivity index (χ0v) is 25.0. The van der Waals surface area contributed by atoms with Gasteiger partial charge in [-0.25, -0.2) is 15.0 Å². The van der Waals surface area contributed by atoms with Crippen LogP contribution in [0.25, 0.3) is 72.8 Å². The van der Waals surface area contributed by atoms with Gasteiger partial charge < -0.3 is 4.57 Å². The Hall–Kier alpha value is -5.94. The van der Waals surface area contributed by atoms with Gasteiger partial charge in [-0.05, 0) is 72.5 Å². The molecule has 0 radical (unpaired) electrons. The summed E-state index contributed by atoms with van der Waals surface area (Å²) in [6.45, 7) is 4.29. The van der Waals surface area contributed by atoms with Crippen molar-refractivity contribution in [2.24, 2.45) is 0 Å². The molecule has 0 atom stereocenters. The highest BCUT2D eigenvalue weighted by atomic mass is 15.1. The SMILES string of the molecule is Cc1ccc2c3ccc(C)cc3n(-c3cc(-c4ccncc4)ccc3-c3nc(-c4ccccc4)nc(-c4ccccc4)n3)c2c1. The molecule has 0 saturated carbocycles. The number of hydrogen-bond acceptors (Lipinski definition) is 4. The van der Waals surface area contributed by atoms with E-state index >= 15 is 0 Å². The third-order valence-electron chi connectivity index (χ3n) is 8.27. The fraction of sp³-hybridized carbons (Fsp3) is 0.0500. The van der Waals surface area contributed by atoms with E-state index in [0.717, 1.165) is 44.5 Å². The predicted molar refractivity (Wildman–Crippen MR) is 183 cm³/mol. The summed E-state index contributed by atoms with van der Waals surface area (Å²) in [6, 6.07) is 44.2. The molecule has 0 spiro atoms. The summed E-state index contributed by atoms with van der Waals surface area (Å²) in [5.74, 6) is 1.89. The first-order chi connectivity index (χ1) is 22.1. The molecule has 0 unspecified atom stereocenters. The average molecular weight is 580 g/mol. The van der Waals surface area contributed by atoms with Gasteiger partial charge in [0.15, 0.2) is 17.5 Å². The first kappa shape index (κ1) is 26.7. The minimum Gasteiger partial charge on any atom is -0.308 e. The molecule has 0 fully saturated rings. The van der Waals surface area contributed by atoms with E-state index < -0.39 is 0 Å². The summed E-state index contributed by atoms with van der Waals surface area (Å²) in [5.41, 5.74) is 10.7. The molecule has 3 heterocycles. The first-order valence-corrected chi connectivity index (χ1v) is 15.1. The highest BCUT2D eigenvalue weighted by Gasteiger charge is 2.20. The monoisotopic (exact) mass is 579 g/mol. The van der Waals surface area contributed by atoms with E-state index in [9.17, 15) is 0 Å². The smallest absolute Gasteiger partial charge is 0.166 e. The van der Waals surface area contributed by atoms with Gasteiger partial charge in [-0.3, -0.25) is 4.98 Å². The fourth-order valence-corrected chi connectivity index (χ4v) is 6.06. The Balaban J connectivity index is 1.47. The van der Waals surface area contributed by atoms with Gasteiger partial charge in [0.05, 0.1) is 16.7 Å². The maximum Gasteiger partial charge on any atom is 0.166 e. The van der Waals surface area contributed by atoms with E-state index in [1.54, 1.807) is 0 Å². The lowest BCUT2D eigenvalue weighted by atomic mass is 10.0. The number of rotatable bonds is 5. The molecule has 0 amide bonds. The number of aryl methyl sites for hydroxylation is 2. The molecule has 0 aliphatic carbocycles. The summed E-state index contributed by atoms with van der Waals surface area (Å²) in [4.78, 5) is 19.4. The Labute approximate surface area is 261 Å². The largest absolute Gasteiger partial charge is 0.308 e. The minimum absolute atomic E-state index is 0.620. The zero-order valence-electron chi connectivity index (χ0n) is 25.0. The van der Waals surface area contributed by atoms with Gasteiger partial charge in [0.1, 0.15) is 0 Å². The van der Waals surface area contributed by atoms with Gasteiger partial charge in [0.25, 0.3) is 0 Å². The van der Waals surface area contributed by atoms with Crippen LogP contribution < -0.4 is 0 Å². The van der Waals surface area contributed by atoms with Crippen LogP contribution in [-0.2, 0) is 0 Å². The van der Waals surface area contributed by atoms with E-state index in [2.05, 4.69) is 78.0 Å². The number of hydrogen-bond donors (Lipinski definition) is 0. The normalized spacial score (nSPS) is 11.3. The standard InChI is InChI=1S/C40H29N5/c1-26-13-16-32-33-17-14-27(2)24-36(33)45(35(32)23-26)37-25-31(28-19-21-41-22-20-28)15-18-34(37)40-43-38(29-9-5-3-6-10-29)42-39(44-40)30-11-7-4-8-12-30/h3-25H,1-2H3. The Morgan fingerprint density at radius 3 is 1.53 bits per heavy atom. The summed E-state index contributed by atoms with van der Waals surface area (Å²) in [7, 11) is 0. The molecule has 3 aromatic heterocycles. The Morgan fingerprint density at radius 1 is 0.444 bits per heavy atom. The maximum absolute atomic E-state index is 5.12. The third kappa shape index (κ3) is 4.85. The van der Waals surface area contributed by atoms with Gasteiger partial charge in [0, 0.05) is 39.9 Å². The van der Waals surface area contributed by atoms with Crippen LogP contribution in [0.15, 0.2) is 140 Å². The summed E-state index contributed by atoms with van der Waals surface area (Å²) in [6.07, 6.45) is 3.67. The zero-order chi connectivity index (χ0) is 30.3. The number of fused-ring (bicyclic) bond motifs is 3. The van der Waals surface area contributed by atoms with Gasteiger partial charge >= 0.3 is 0 Å². The summed E-state index contributed by atoms with van der Waals surface area (Å²) >= 11 is 0. The predicted octanol–water partition coefficient (Wildman–Crippen LogP) is 9.65. The first-order valence-electron chi connectivity index (χ1n) is 15.1. The van der Waals surface area contributed by atoms with E-state index in [0.29, 0.717) is 17.5 Å². The molecular weight excluding hydrogens is 550 g/mol. The highest BCUT2D eigenvalue weighted by Crippen LogP contribution is 2.38. The molecule has 0 saturated heterocycles. The Bertz CT molecular complexity index is 2210. The van der Waals surface area contributed by atoms with Crippen molar-refractivity contribution in [3.63, 3.8) is 0 Å². The van der Waals surface area contributed by atoms with Crippen LogP contribution >= 0.6 is 0 Å². The lowest BCUT2D eigenvalue weighted by Crippen LogP contribution is -2.04. The van der Waals surface area contributed by atoms with Crippen molar-refractivity contribution in [1.29, 1.82) is 0 Å². The molecule has 0 aliphatic heterocycles. The highest BCUT2D eigenvalue weighted by molar-refractivity contribution is 6.10. The van der Waals surface area contributed by atoms with Crippen LogP contribution in [0.2, 0.25) is 0 Å². The topological polar surface area (TPSA) is 56.5 Å². The molecule has 8 rings (SSSR count). The third-order valence-corrected chi connectivity index (χ3v) is 8.27. The van der Waals surface area contributed by atoms with E-state index in [-0.39, 0.29) is 0 Å². The van der Waals surface area contributed by atoms with Gasteiger partial charge in [-0.15, -0.1) is 0 Å². The van der Waals surface area contributed by atoms with E-state index in [4.69, 9.17) is 15.0 Å². The van der Waals surface area contributed by atoms with Crippen molar-refractivity contribution in [3.8, 4) is 51.0 Å². The Morgan fingerprint density at radius 2 is 0.978 bits per heavy atom. The molecule has 0 aliphatic rings. The minimum atomic E-state index is 0.620. The second-order valence-corrected chi connectivity index (χ2v) is 11.4. The van der Waals surface area contributed by atoms with Crippen molar-refractivity contribution in [1.82, 2.24) is 24.5 Å². The van der Waals surface area contributed by atoms with Crippen LogP contribution in [-0.4, -0.2) is 24.5 Å². The maximum atomic E-state index is 5.12. The number of aromatic nitrogens is 5. The quantitative estimate of drug-likeness (QED) is 0.204. The van der Waals surface area contributed by atoms with Gasteiger partial charge in [0.2, 0.25) is 0 Å². The summed E-state index contributed by atoms with van der Waals surface area (Å²) < 4.78 is 2.37. The van der Waals surface area contributed by atoms with Crippen molar-refractivity contribution >= 4 is 21.8 Å². The molecule has 0 N–H and O–H groups in total. The molecule has 5 heteroatoms. The Kier molecular flexibility index (Phi) is 6.50. The summed E-state index contributed by atoms with van der Waals surface area (Å²) in [5, 5.41) is 2.42. The number of pyridine rings is 1. The average Bonchev–Trinajstić information content (AvgIpc) is 3.41. The van der Waals surface area contributed by atoms with E-state index in [1.165, 1.54) is 21.9 Å². The van der Waals surface area contributed by atoms with Crippen LogP contribution in [0.3, 0.4) is 0 Å². The molecule has 8 aromatic rings. The number of benzene rings is 5. The van der Waals surface area contributed by atoms with Crippen LogP contribution in [0.4, 0.5) is 0 Å². The second kappa shape index (κ2) is 11.0. The number of nitrogens with zero attached hydrogens (tertiary/aromatic N) is 5. The van der Waals surface area contributed by atoms with Crippen molar-refractivity contribution in [2.75, 3.05) is 0 Å². The molecule has 0 bridgehead atoms. The van der Waals surface area contributed by atoms with E-state index in [1.807, 2.05) is 85.2 Å². The van der Waals surface area contributed by atoms with Crippen molar-refractivity contribution in [2.45, 2.75) is 13.8 Å². The van der Waals surface area contributed by atoms with Gasteiger partial charge in [-0.1, -0.05) is 91.0 Å². The fourth-order valence-electron chi connectivity index (χ4n) is 6.06.